The lowest BCUT2D eigenvalue weighted by Gasteiger charge is -2.14. The van der Waals surface area contributed by atoms with Crippen molar-refractivity contribution in [1.29, 1.82) is 0 Å². The van der Waals surface area contributed by atoms with E-state index in [0.717, 1.165) is 38.2 Å². The molecular weight excluding hydrogens is 258 g/mol. The molecule has 0 amide bonds. The molecule has 3 heteroatoms. The van der Waals surface area contributed by atoms with E-state index in [1.807, 2.05) is 0 Å². The molecule has 2 aromatic rings. The highest BCUT2D eigenvalue weighted by Crippen LogP contribution is 2.42. The van der Waals surface area contributed by atoms with E-state index in [4.69, 9.17) is 16.3 Å². The number of benzene rings is 1. The summed E-state index contributed by atoms with van der Waals surface area (Å²) in [6.45, 7) is 0.720. The van der Waals surface area contributed by atoms with E-state index >= 15 is 0 Å². The van der Waals surface area contributed by atoms with Crippen molar-refractivity contribution in [3.8, 4) is 17.0 Å². The predicted octanol–water partition coefficient (Wildman–Crippen LogP) is 3.83. The van der Waals surface area contributed by atoms with Gasteiger partial charge in [0.1, 0.15) is 5.15 Å². The van der Waals surface area contributed by atoms with E-state index < -0.39 is 0 Å². The predicted molar refractivity (Wildman–Crippen MR) is 75.9 cm³/mol. The van der Waals surface area contributed by atoms with Crippen LogP contribution in [0.3, 0.4) is 0 Å². The zero-order valence-electron chi connectivity index (χ0n) is 10.6. The molecule has 0 radical (unpaired) electrons. The van der Waals surface area contributed by atoms with Crippen LogP contribution in [0.25, 0.3) is 11.1 Å². The minimum atomic E-state index is 0.618. The van der Waals surface area contributed by atoms with Crippen LogP contribution in [0.5, 0.6) is 5.88 Å². The molecule has 96 valence electrons. The molecule has 0 bridgehead atoms. The second-order valence-corrected chi connectivity index (χ2v) is 5.51. The molecule has 0 unspecified atom stereocenters. The van der Waals surface area contributed by atoms with Crippen molar-refractivity contribution in [1.82, 2.24) is 4.98 Å². The minimum Gasteiger partial charge on any atom is -0.477 e. The summed E-state index contributed by atoms with van der Waals surface area (Å²) in [5.74, 6) is 0.737. The van der Waals surface area contributed by atoms with Gasteiger partial charge in [-0.2, -0.15) is 0 Å². The van der Waals surface area contributed by atoms with Crippen LogP contribution in [-0.4, -0.2) is 11.6 Å². The van der Waals surface area contributed by atoms with Gasteiger partial charge in [-0.3, -0.25) is 0 Å². The highest BCUT2D eigenvalue weighted by Gasteiger charge is 2.26. The molecule has 2 aliphatic rings. The lowest BCUT2D eigenvalue weighted by atomic mass is 9.93. The second kappa shape index (κ2) is 4.24. The van der Waals surface area contributed by atoms with Gasteiger partial charge >= 0.3 is 0 Å². The smallest absolute Gasteiger partial charge is 0.218 e. The Morgan fingerprint density at radius 2 is 1.95 bits per heavy atom. The van der Waals surface area contributed by atoms with Crippen LogP contribution in [0.1, 0.15) is 23.1 Å². The van der Waals surface area contributed by atoms with Crippen molar-refractivity contribution < 1.29 is 4.74 Å². The summed E-state index contributed by atoms with van der Waals surface area (Å²) in [6.07, 6.45) is 4.18. The van der Waals surface area contributed by atoms with Crippen LogP contribution < -0.4 is 4.74 Å². The number of pyridine rings is 1. The van der Waals surface area contributed by atoms with Crippen LogP contribution in [0, 0.1) is 0 Å². The quantitative estimate of drug-likeness (QED) is 0.680. The number of aromatic nitrogens is 1. The number of ether oxygens (including phenoxy) is 1. The monoisotopic (exact) mass is 271 g/mol. The van der Waals surface area contributed by atoms with Crippen LogP contribution in [0.4, 0.5) is 0 Å². The molecule has 0 N–H and O–H groups in total. The van der Waals surface area contributed by atoms with Crippen molar-refractivity contribution in [2.45, 2.75) is 25.7 Å². The lowest BCUT2D eigenvalue weighted by Crippen LogP contribution is -1.97. The minimum absolute atomic E-state index is 0.618. The molecule has 19 heavy (non-hydrogen) atoms. The highest BCUT2D eigenvalue weighted by atomic mass is 35.5. The van der Waals surface area contributed by atoms with Gasteiger partial charge in [-0.15, -0.1) is 0 Å². The van der Waals surface area contributed by atoms with Gasteiger partial charge < -0.3 is 4.74 Å². The third-order valence-corrected chi connectivity index (χ3v) is 4.37. The molecule has 2 nitrogen and oxygen atoms in total. The molecule has 1 aromatic heterocycles. The first-order chi connectivity index (χ1) is 9.34. The van der Waals surface area contributed by atoms with Crippen LogP contribution in [0.15, 0.2) is 24.3 Å². The fourth-order valence-corrected chi connectivity index (χ4v) is 3.47. The number of aryl methyl sites for hydroxylation is 1. The Morgan fingerprint density at radius 1 is 1.05 bits per heavy atom. The summed E-state index contributed by atoms with van der Waals surface area (Å²) in [5, 5.41) is 0.618. The second-order valence-electron chi connectivity index (χ2n) is 5.15. The Labute approximate surface area is 117 Å². The number of halogens is 1. The van der Waals surface area contributed by atoms with Gasteiger partial charge in [0.2, 0.25) is 5.88 Å². The number of rotatable bonds is 0. The molecule has 0 saturated carbocycles. The first-order valence-corrected chi connectivity index (χ1v) is 7.14. The Hall–Kier alpha value is -1.54. The average Bonchev–Trinajstić information content (AvgIpc) is 2.79. The van der Waals surface area contributed by atoms with Crippen molar-refractivity contribution >= 4 is 11.6 Å². The first kappa shape index (κ1) is 11.3. The van der Waals surface area contributed by atoms with Crippen LogP contribution in [0.2, 0.25) is 5.15 Å². The fourth-order valence-electron chi connectivity index (χ4n) is 3.21. The van der Waals surface area contributed by atoms with E-state index in [1.54, 1.807) is 0 Å². The van der Waals surface area contributed by atoms with Gasteiger partial charge in [-0.25, -0.2) is 4.98 Å². The van der Waals surface area contributed by atoms with Crippen molar-refractivity contribution in [2.75, 3.05) is 6.61 Å². The molecular formula is C16H14ClNO. The molecule has 1 aromatic carbocycles. The lowest BCUT2D eigenvalue weighted by molar-refractivity contribution is 0.345. The molecule has 2 heterocycles. The molecule has 4 rings (SSSR count). The van der Waals surface area contributed by atoms with Gasteiger partial charge in [0.25, 0.3) is 0 Å². The van der Waals surface area contributed by atoms with Gasteiger partial charge in [0.05, 0.1) is 6.61 Å². The van der Waals surface area contributed by atoms with Crippen LogP contribution >= 0.6 is 11.6 Å². The zero-order chi connectivity index (χ0) is 12.8. The van der Waals surface area contributed by atoms with E-state index in [9.17, 15) is 0 Å². The molecule has 1 aliphatic heterocycles. The van der Waals surface area contributed by atoms with Crippen molar-refractivity contribution in [2.24, 2.45) is 0 Å². The largest absolute Gasteiger partial charge is 0.477 e. The Balaban J connectivity index is 2.08. The number of fused-ring (bicyclic) bond motifs is 5. The van der Waals surface area contributed by atoms with Crippen LogP contribution in [-0.2, 0) is 19.3 Å². The highest BCUT2D eigenvalue weighted by molar-refractivity contribution is 6.30. The zero-order valence-corrected chi connectivity index (χ0v) is 11.3. The summed E-state index contributed by atoms with van der Waals surface area (Å²) in [7, 11) is 0. The van der Waals surface area contributed by atoms with Gasteiger partial charge in [-0.05, 0) is 41.5 Å². The maximum absolute atomic E-state index is 6.37. The maximum atomic E-state index is 6.37. The Bertz CT molecular complexity index is 666. The SMILES string of the molecule is Clc1nc2c(c3c1CCCc1ccccc1-3)CCO2. The molecule has 0 atom stereocenters. The van der Waals surface area contributed by atoms with E-state index in [1.165, 1.54) is 27.8 Å². The third-order valence-electron chi connectivity index (χ3n) is 4.06. The number of hydrogen-bond acceptors (Lipinski definition) is 2. The molecule has 0 spiro atoms. The van der Waals surface area contributed by atoms with Gasteiger partial charge in [-0.1, -0.05) is 35.9 Å². The molecule has 0 saturated heterocycles. The topological polar surface area (TPSA) is 22.1 Å². The van der Waals surface area contributed by atoms with Gasteiger partial charge in [0.15, 0.2) is 0 Å². The van der Waals surface area contributed by atoms with E-state index in [-0.39, 0.29) is 0 Å². The normalized spacial score (nSPS) is 16.1. The van der Waals surface area contributed by atoms with Crippen molar-refractivity contribution in [3.05, 3.63) is 46.1 Å². The Morgan fingerprint density at radius 3 is 2.89 bits per heavy atom. The fraction of sp³-hybridized carbons (Fsp3) is 0.312. The van der Waals surface area contributed by atoms with E-state index in [0.29, 0.717) is 5.15 Å². The molecule has 0 fully saturated rings. The molecule has 1 aliphatic carbocycles. The number of nitrogens with zero attached hydrogens (tertiary/aromatic N) is 1. The number of hydrogen-bond donors (Lipinski definition) is 0. The summed E-state index contributed by atoms with van der Waals surface area (Å²) in [4.78, 5) is 4.42. The summed E-state index contributed by atoms with van der Waals surface area (Å²) < 4.78 is 5.61. The maximum Gasteiger partial charge on any atom is 0.218 e. The average molecular weight is 272 g/mol. The third kappa shape index (κ3) is 1.67. The summed E-state index contributed by atoms with van der Waals surface area (Å²) in [5.41, 5.74) is 6.48. The van der Waals surface area contributed by atoms with E-state index in [2.05, 4.69) is 29.2 Å². The first-order valence-electron chi connectivity index (χ1n) is 6.77. The Kier molecular flexibility index (Phi) is 2.52. The summed E-state index contributed by atoms with van der Waals surface area (Å²) in [6, 6.07) is 8.64. The standard InChI is InChI=1S/C16H14ClNO/c17-15-12-7-3-5-10-4-1-2-6-11(10)14(12)13-8-9-19-16(13)18-15/h1-2,4,6H,3,5,7-9H2. The van der Waals surface area contributed by atoms with Gasteiger partial charge in [0, 0.05) is 12.0 Å². The van der Waals surface area contributed by atoms with Crippen molar-refractivity contribution in [3.63, 3.8) is 0 Å². The summed E-state index contributed by atoms with van der Waals surface area (Å²) >= 11 is 6.37.